The van der Waals surface area contributed by atoms with E-state index < -0.39 is 0 Å². The van der Waals surface area contributed by atoms with Gasteiger partial charge in [-0.3, -0.25) is 9.20 Å². The van der Waals surface area contributed by atoms with E-state index >= 15 is 0 Å². The molecule has 4 heteroatoms. The third-order valence-corrected chi connectivity index (χ3v) is 8.41. The summed E-state index contributed by atoms with van der Waals surface area (Å²) in [6, 6.07) is 41.1. The molecule has 0 amide bonds. The average Bonchev–Trinajstić information content (AvgIpc) is 3.41. The number of nitrogens with zero attached hydrogens (tertiary/aromatic N) is 2. The lowest BCUT2D eigenvalue weighted by Crippen LogP contribution is -2.13. The smallest absolute Gasteiger partial charge is 0.264 e. The molecule has 0 aliphatic carbocycles. The summed E-state index contributed by atoms with van der Waals surface area (Å²) >= 11 is 6.88. The molecule has 2 heterocycles. The fourth-order valence-corrected chi connectivity index (χ4v) is 6.37. The molecule has 2 aromatic heterocycles. The molecule has 194 valence electrons. The molecule has 6 aromatic carbocycles. The van der Waals surface area contributed by atoms with E-state index in [1.165, 1.54) is 5.56 Å². The third kappa shape index (κ3) is 3.60. The predicted octanol–water partition coefficient (Wildman–Crippen LogP) is 9.55. The molecule has 0 aliphatic rings. The van der Waals surface area contributed by atoms with Crippen molar-refractivity contribution in [1.82, 2.24) is 9.38 Å². The molecule has 0 unspecified atom stereocenters. The summed E-state index contributed by atoms with van der Waals surface area (Å²) in [6.07, 6.45) is 0. The summed E-state index contributed by atoms with van der Waals surface area (Å²) < 4.78 is 1.78. The van der Waals surface area contributed by atoms with Gasteiger partial charge in [-0.25, -0.2) is 4.98 Å². The Balaban J connectivity index is 1.54. The number of halogens is 1. The van der Waals surface area contributed by atoms with Crippen LogP contribution in [0.4, 0.5) is 0 Å². The Kier molecular flexibility index (Phi) is 5.25. The van der Waals surface area contributed by atoms with Gasteiger partial charge in [0, 0.05) is 32.1 Å². The van der Waals surface area contributed by atoms with Crippen molar-refractivity contribution >= 4 is 49.8 Å². The average molecular weight is 547 g/mol. The lowest BCUT2D eigenvalue weighted by molar-refractivity contribution is 1.19. The summed E-state index contributed by atoms with van der Waals surface area (Å²) in [4.78, 5) is 19.5. The van der Waals surface area contributed by atoms with E-state index in [1.807, 2.05) is 60.7 Å². The van der Waals surface area contributed by atoms with Gasteiger partial charge in [0.25, 0.3) is 5.56 Å². The van der Waals surface area contributed by atoms with Gasteiger partial charge in [0.15, 0.2) is 0 Å². The fraction of sp³-hybridized carbons (Fsp3) is 0.0270. The van der Waals surface area contributed by atoms with Crippen LogP contribution >= 0.6 is 11.6 Å². The molecular weight excluding hydrogens is 524 g/mol. The number of benzene rings is 6. The highest BCUT2D eigenvalue weighted by molar-refractivity contribution is 6.39. The van der Waals surface area contributed by atoms with E-state index in [2.05, 4.69) is 67.6 Å². The molecule has 0 atom stereocenters. The highest BCUT2D eigenvalue weighted by Gasteiger charge is 2.22. The van der Waals surface area contributed by atoms with Gasteiger partial charge in [-0.15, -0.1) is 0 Å². The maximum Gasteiger partial charge on any atom is 0.264 e. The first-order chi connectivity index (χ1) is 20.1. The van der Waals surface area contributed by atoms with Crippen LogP contribution in [0.2, 0.25) is 5.02 Å². The summed E-state index contributed by atoms with van der Waals surface area (Å²) in [6.45, 7) is 2.07. The van der Waals surface area contributed by atoms with Crippen molar-refractivity contribution in [2.75, 3.05) is 0 Å². The second-order valence-corrected chi connectivity index (χ2v) is 11.0. The summed E-state index contributed by atoms with van der Waals surface area (Å²) in [5.41, 5.74) is 9.56. The van der Waals surface area contributed by atoms with Crippen molar-refractivity contribution in [2.24, 2.45) is 0 Å². The van der Waals surface area contributed by atoms with E-state index in [-0.39, 0.29) is 5.56 Å². The third-order valence-electron chi connectivity index (χ3n) is 8.10. The van der Waals surface area contributed by atoms with Crippen LogP contribution in [0.25, 0.3) is 71.6 Å². The number of aromatic nitrogens is 2. The Bertz CT molecular complexity index is 2320. The lowest BCUT2D eigenvalue weighted by Gasteiger charge is -2.13. The van der Waals surface area contributed by atoms with Crippen molar-refractivity contribution in [2.45, 2.75) is 6.92 Å². The predicted molar refractivity (Wildman–Crippen MR) is 171 cm³/mol. The normalized spacial score (nSPS) is 11.8. The van der Waals surface area contributed by atoms with Crippen LogP contribution in [0.15, 0.2) is 126 Å². The maximum absolute atomic E-state index is 14.3. The molecule has 8 aromatic rings. The van der Waals surface area contributed by atoms with Crippen molar-refractivity contribution in [3.05, 3.63) is 142 Å². The Hall–Kier alpha value is -4.99. The Labute approximate surface area is 241 Å². The van der Waals surface area contributed by atoms with Crippen molar-refractivity contribution in [3.8, 4) is 33.4 Å². The van der Waals surface area contributed by atoms with Crippen molar-refractivity contribution in [3.63, 3.8) is 0 Å². The molecule has 0 spiro atoms. The minimum atomic E-state index is -0.0954. The second kappa shape index (κ2) is 9.02. The van der Waals surface area contributed by atoms with Gasteiger partial charge in [-0.05, 0) is 65.1 Å². The summed E-state index contributed by atoms with van der Waals surface area (Å²) in [7, 11) is 0. The Morgan fingerprint density at radius 3 is 2.00 bits per heavy atom. The van der Waals surface area contributed by atoms with Crippen molar-refractivity contribution < 1.29 is 0 Å². The fourth-order valence-electron chi connectivity index (χ4n) is 6.11. The zero-order valence-electron chi connectivity index (χ0n) is 22.2. The number of hydrogen-bond acceptors (Lipinski definition) is 2. The molecule has 0 aliphatic heterocycles. The first-order valence-corrected chi connectivity index (χ1v) is 14.0. The highest BCUT2D eigenvalue weighted by atomic mass is 35.5. The Morgan fingerprint density at radius 1 is 0.610 bits per heavy atom. The van der Waals surface area contributed by atoms with Gasteiger partial charge in [0.1, 0.15) is 5.65 Å². The lowest BCUT2D eigenvalue weighted by atomic mass is 9.93. The van der Waals surface area contributed by atoms with Crippen LogP contribution < -0.4 is 5.56 Å². The number of hydrogen-bond donors (Lipinski definition) is 0. The minimum absolute atomic E-state index is 0.0954. The molecule has 3 nitrogen and oxygen atoms in total. The molecule has 0 saturated heterocycles. The zero-order valence-corrected chi connectivity index (χ0v) is 23.0. The van der Waals surface area contributed by atoms with E-state index in [9.17, 15) is 4.79 Å². The molecule has 8 rings (SSSR count). The molecular formula is C37H23ClN2O. The van der Waals surface area contributed by atoms with Gasteiger partial charge < -0.3 is 0 Å². The summed E-state index contributed by atoms with van der Waals surface area (Å²) in [5.74, 6) is 0. The van der Waals surface area contributed by atoms with Crippen LogP contribution in [-0.4, -0.2) is 9.38 Å². The van der Waals surface area contributed by atoms with Gasteiger partial charge >= 0.3 is 0 Å². The van der Waals surface area contributed by atoms with Crippen LogP contribution in [0.1, 0.15) is 5.56 Å². The molecule has 0 fully saturated rings. The minimum Gasteiger partial charge on any atom is -0.268 e. The van der Waals surface area contributed by atoms with Crippen LogP contribution in [0, 0.1) is 6.92 Å². The number of aryl methyl sites for hydroxylation is 1. The van der Waals surface area contributed by atoms with E-state index in [0.29, 0.717) is 16.1 Å². The number of fused-ring (bicyclic) bond motifs is 4. The molecule has 0 saturated carbocycles. The van der Waals surface area contributed by atoms with Gasteiger partial charge in [0.05, 0.1) is 11.0 Å². The van der Waals surface area contributed by atoms with Crippen LogP contribution in [0.3, 0.4) is 0 Å². The van der Waals surface area contributed by atoms with E-state index in [1.54, 1.807) is 4.40 Å². The first kappa shape index (κ1) is 23.9. The van der Waals surface area contributed by atoms with Gasteiger partial charge in [-0.2, -0.15) is 0 Å². The second-order valence-electron chi connectivity index (χ2n) is 10.6. The molecule has 0 radical (unpaired) electrons. The first-order valence-electron chi connectivity index (χ1n) is 13.6. The van der Waals surface area contributed by atoms with Gasteiger partial charge in [-0.1, -0.05) is 108 Å². The largest absolute Gasteiger partial charge is 0.268 e. The monoisotopic (exact) mass is 546 g/mol. The molecule has 41 heavy (non-hydrogen) atoms. The SMILES string of the molecule is Cc1ccc(-c2ccc3c(=O)n4c5cc(-c6ccccc6)cc(-c6ccccc6)c5nc4c4ccc(Cl)c2c34)cc1. The summed E-state index contributed by atoms with van der Waals surface area (Å²) in [5, 5.41) is 3.89. The maximum atomic E-state index is 14.3. The van der Waals surface area contributed by atoms with E-state index in [4.69, 9.17) is 16.6 Å². The Morgan fingerprint density at radius 2 is 1.27 bits per heavy atom. The zero-order chi connectivity index (χ0) is 27.7. The van der Waals surface area contributed by atoms with Crippen molar-refractivity contribution in [1.29, 1.82) is 0 Å². The number of rotatable bonds is 3. The standard InChI is InChI=1S/C37H23ClN2O/c1-22-12-14-25(15-13-22)27-16-17-29-33-28(18-19-31(38)34(27)33)36-39-35-30(24-10-6-3-7-11-24)20-26(23-8-4-2-5-9-23)21-32(35)40(36)37(29)41/h2-21H,1H3. The highest BCUT2D eigenvalue weighted by Crippen LogP contribution is 2.41. The number of imidazole rings is 1. The molecule has 0 N–H and O–H groups in total. The van der Waals surface area contributed by atoms with Crippen LogP contribution in [0.5, 0.6) is 0 Å². The van der Waals surface area contributed by atoms with E-state index in [0.717, 1.165) is 60.6 Å². The topological polar surface area (TPSA) is 34.4 Å². The number of pyridine rings is 1. The molecule has 0 bridgehead atoms. The quantitative estimate of drug-likeness (QED) is 0.221. The van der Waals surface area contributed by atoms with Crippen LogP contribution in [-0.2, 0) is 0 Å². The van der Waals surface area contributed by atoms with Gasteiger partial charge in [0.2, 0.25) is 0 Å².